The van der Waals surface area contributed by atoms with Gasteiger partial charge in [-0.15, -0.1) is 5.10 Å². The first-order valence-electron chi connectivity index (χ1n) is 10.4. The summed E-state index contributed by atoms with van der Waals surface area (Å²) >= 11 is 0. The Morgan fingerprint density at radius 1 is 1.25 bits per heavy atom. The van der Waals surface area contributed by atoms with Crippen LogP contribution in [0.2, 0.25) is 0 Å². The summed E-state index contributed by atoms with van der Waals surface area (Å²) in [7, 11) is 0. The van der Waals surface area contributed by atoms with Crippen LogP contribution in [-0.2, 0) is 29.2 Å². The predicted octanol–water partition coefficient (Wildman–Crippen LogP) is 2.14. The van der Waals surface area contributed by atoms with Crippen molar-refractivity contribution in [1.82, 2.24) is 25.5 Å². The van der Waals surface area contributed by atoms with E-state index in [1.807, 2.05) is 42.5 Å². The summed E-state index contributed by atoms with van der Waals surface area (Å²) in [6, 6.07) is 15.3. The van der Waals surface area contributed by atoms with Gasteiger partial charge in [-0.25, -0.2) is 4.68 Å². The third-order valence-corrected chi connectivity index (χ3v) is 4.72. The zero-order chi connectivity index (χ0) is 22.8. The van der Waals surface area contributed by atoms with E-state index in [0.29, 0.717) is 32.1 Å². The van der Waals surface area contributed by atoms with E-state index in [2.05, 4.69) is 33.5 Å². The summed E-state index contributed by atoms with van der Waals surface area (Å²) < 4.78 is 12.1. The van der Waals surface area contributed by atoms with Crippen LogP contribution in [0.5, 0.6) is 5.75 Å². The molecule has 0 aliphatic heterocycles. The van der Waals surface area contributed by atoms with Crippen LogP contribution in [0.1, 0.15) is 35.5 Å². The van der Waals surface area contributed by atoms with Crippen molar-refractivity contribution in [3.05, 3.63) is 83.7 Å². The van der Waals surface area contributed by atoms with Gasteiger partial charge in [0.2, 0.25) is 0 Å². The molecule has 0 radical (unpaired) electrons. The molecule has 0 aliphatic rings. The van der Waals surface area contributed by atoms with Crippen molar-refractivity contribution in [2.75, 3.05) is 13.2 Å². The second-order valence-electron chi connectivity index (χ2n) is 7.01. The maximum absolute atomic E-state index is 12.0. The molecule has 3 rings (SSSR count). The third kappa shape index (κ3) is 6.22. The molecular weight excluding hydrogens is 408 g/mol. The smallest absolute Gasteiger partial charge is 0.327 e. The van der Waals surface area contributed by atoms with Crippen LogP contribution >= 0.6 is 0 Å². The van der Waals surface area contributed by atoms with Gasteiger partial charge in [-0.3, -0.25) is 10.1 Å². The molecule has 3 N–H and O–H groups in total. The topological polar surface area (TPSA) is 117 Å². The Hall–Kier alpha value is -3.56. The molecule has 0 bridgehead atoms. The van der Waals surface area contributed by atoms with Crippen molar-refractivity contribution in [2.45, 2.75) is 32.6 Å². The number of carbonyl (C=O) groups excluding carboxylic acids is 1. The van der Waals surface area contributed by atoms with Gasteiger partial charge >= 0.3 is 5.97 Å². The Kier molecular flexibility index (Phi) is 8.47. The molecular formula is C23H28N6O3. The zero-order valence-corrected chi connectivity index (χ0v) is 18.1. The number of nitrogens with one attached hydrogen (secondary N) is 1. The molecule has 9 heteroatoms. The van der Waals surface area contributed by atoms with Gasteiger partial charge in [-0.1, -0.05) is 49.1 Å². The largest absolute Gasteiger partial charge is 0.490 e. The van der Waals surface area contributed by atoms with E-state index in [0.717, 1.165) is 22.4 Å². The summed E-state index contributed by atoms with van der Waals surface area (Å²) in [5.41, 5.74) is 8.82. The number of hydrogen-bond donors (Lipinski definition) is 2. The monoisotopic (exact) mass is 436 g/mol. The van der Waals surface area contributed by atoms with Crippen LogP contribution < -0.4 is 15.8 Å². The van der Waals surface area contributed by atoms with Gasteiger partial charge < -0.3 is 15.2 Å². The van der Waals surface area contributed by atoms with Gasteiger partial charge in [-0.2, -0.15) is 0 Å². The first kappa shape index (κ1) is 23.1. The zero-order valence-electron chi connectivity index (χ0n) is 18.1. The Labute approximate surface area is 187 Å². The van der Waals surface area contributed by atoms with Crippen LogP contribution in [0.4, 0.5) is 0 Å². The van der Waals surface area contributed by atoms with Crippen LogP contribution in [0.25, 0.3) is 0 Å². The van der Waals surface area contributed by atoms with Crippen molar-refractivity contribution in [2.24, 2.45) is 5.73 Å². The van der Waals surface area contributed by atoms with Gasteiger partial charge in [0.15, 0.2) is 5.82 Å². The number of aromatic nitrogens is 4. The van der Waals surface area contributed by atoms with Crippen molar-refractivity contribution in [1.29, 1.82) is 0 Å². The van der Waals surface area contributed by atoms with Gasteiger partial charge in [0, 0.05) is 13.1 Å². The Balaban J connectivity index is 1.86. The van der Waals surface area contributed by atoms with Gasteiger partial charge in [0.05, 0.1) is 12.6 Å². The van der Waals surface area contributed by atoms with E-state index in [1.54, 1.807) is 13.0 Å². The van der Waals surface area contributed by atoms with E-state index < -0.39 is 5.97 Å². The number of benzene rings is 2. The average Bonchev–Trinajstić information content (AvgIpc) is 3.26. The quantitative estimate of drug-likeness (QED) is 0.328. The SMILES string of the molecule is C=CCOc1ccc(C(NCc2cccc(CN)c2)c2nnnn2CC(=O)OCC)cc1. The molecule has 9 nitrogen and oxygen atoms in total. The molecule has 1 heterocycles. The highest BCUT2D eigenvalue weighted by atomic mass is 16.5. The first-order chi connectivity index (χ1) is 15.6. The molecule has 32 heavy (non-hydrogen) atoms. The fraction of sp³-hybridized carbons (Fsp3) is 0.304. The highest BCUT2D eigenvalue weighted by molar-refractivity contribution is 5.69. The number of hydrogen-bond acceptors (Lipinski definition) is 8. The van der Waals surface area contributed by atoms with Crippen LogP contribution in [0.3, 0.4) is 0 Å². The standard InChI is InChI=1S/C23H28N6O3/c1-3-12-32-20-10-8-19(9-11-20)22(25-15-18-7-5-6-17(13-18)14-24)23-26-27-28-29(23)16-21(30)31-4-2/h3,5-11,13,22,25H,1,4,12,14-16,24H2,2H3. The molecule has 0 spiro atoms. The van der Waals surface area contributed by atoms with E-state index in [9.17, 15) is 4.79 Å². The van der Waals surface area contributed by atoms with E-state index >= 15 is 0 Å². The third-order valence-electron chi connectivity index (χ3n) is 4.72. The number of nitrogens with two attached hydrogens (primary N) is 1. The molecule has 2 aromatic carbocycles. The second-order valence-corrected chi connectivity index (χ2v) is 7.01. The molecule has 1 aromatic heterocycles. The van der Waals surface area contributed by atoms with Crippen LogP contribution in [-0.4, -0.2) is 39.4 Å². The lowest BCUT2D eigenvalue weighted by Gasteiger charge is -2.19. The molecule has 1 atom stereocenters. The minimum Gasteiger partial charge on any atom is -0.490 e. The second kappa shape index (κ2) is 11.7. The van der Waals surface area contributed by atoms with E-state index in [1.165, 1.54) is 4.68 Å². The minimum absolute atomic E-state index is 0.0719. The van der Waals surface area contributed by atoms with Crippen molar-refractivity contribution < 1.29 is 14.3 Å². The normalized spacial score (nSPS) is 11.7. The maximum atomic E-state index is 12.0. The maximum Gasteiger partial charge on any atom is 0.327 e. The fourth-order valence-electron chi connectivity index (χ4n) is 3.22. The van der Waals surface area contributed by atoms with E-state index in [4.69, 9.17) is 15.2 Å². The Morgan fingerprint density at radius 3 is 2.75 bits per heavy atom. The molecule has 0 aliphatic carbocycles. The molecule has 0 saturated carbocycles. The number of esters is 1. The van der Waals surface area contributed by atoms with Crippen LogP contribution in [0, 0.1) is 0 Å². The first-order valence-corrected chi connectivity index (χ1v) is 10.4. The minimum atomic E-state index is -0.399. The van der Waals surface area contributed by atoms with Crippen molar-refractivity contribution in [3.8, 4) is 5.75 Å². The molecule has 3 aromatic rings. The highest BCUT2D eigenvalue weighted by Crippen LogP contribution is 2.23. The molecule has 0 amide bonds. The summed E-state index contributed by atoms with van der Waals surface area (Å²) in [4.78, 5) is 12.0. The van der Waals surface area contributed by atoms with Crippen molar-refractivity contribution >= 4 is 5.97 Å². The highest BCUT2D eigenvalue weighted by Gasteiger charge is 2.22. The van der Waals surface area contributed by atoms with Crippen LogP contribution in [0.15, 0.2) is 61.2 Å². The summed E-state index contributed by atoms with van der Waals surface area (Å²) in [5, 5.41) is 15.5. The van der Waals surface area contributed by atoms with Crippen molar-refractivity contribution in [3.63, 3.8) is 0 Å². The molecule has 1 unspecified atom stereocenters. The number of rotatable bonds is 12. The summed E-state index contributed by atoms with van der Waals surface area (Å²) in [5.74, 6) is 0.838. The Bertz CT molecular complexity index is 1020. The fourth-order valence-corrected chi connectivity index (χ4v) is 3.22. The number of ether oxygens (including phenoxy) is 2. The lowest BCUT2D eigenvalue weighted by atomic mass is 10.0. The molecule has 0 saturated heterocycles. The van der Waals surface area contributed by atoms with E-state index in [-0.39, 0.29) is 12.6 Å². The lowest BCUT2D eigenvalue weighted by Crippen LogP contribution is -2.27. The summed E-state index contributed by atoms with van der Waals surface area (Å²) in [6.07, 6.45) is 1.69. The predicted molar refractivity (Wildman–Crippen MR) is 120 cm³/mol. The number of nitrogens with zero attached hydrogens (tertiary/aromatic N) is 4. The summed E-state index contributed by atoms with van der Waals surface area (Å²) in [6.45, 7) is 7.10. The lowest BCUT2D eigenvalue weighted by molar-refractivity contribution is -0.144. The number of carbonyl (C=O) groups is 1. The number of tetrazole rings is 1. The molecule has 168 valence electrons. The van der Waals surface area contributed by atoms with Gasteiger partial charge in [0.25, 0.3) is 0 Å². The van der Waals surface area contributed by atoms with Gasteiger partial charge in [0.1, 0.15) is 18.9 Å². The van der Waals surface area contributed by atoms with Gasteiger partial charge in [-0.05, 0) is 46.2 Å². The Morgan fingerprint density at radius 2 is 2.03 bits per heavy atom. The molecule has 0 fully saturated rings. The average molecular weight is 437 g/mol.